The first-order valence-corrected chi connectivity index (χ1v) is 2.35. The van der Waals surface area contributed by atoms with Crippen molar-refractivity contribution in [3.63, 3.8) is 0 Å². The Labute approximate surface area is 86.5 Å². The zero-order valence-electron chi connectivity index (χ0n) is 6.08. The molecule has 0 aromatic carbocycles. The van der Waals surface area contributed by atoms with Gasteiger partial charge in [0.1, 0.15) is 0 Å². The second-order valence-electron chi connectivity index (χ2n) is 0.513. The van der Waals surface area contributed by atoms with Gasteiger partial charge >= 0.3 is 7.82 Å². The first-order chi connectivity index (χ1) is 2.00. The molecule has 17 N–H and O–H groups in total. The van der Waals surface area contributed by atoms with Gasteiger partial charge in [-0.15, -0.1) is 0 Å². The Morgan fingerprint density at radius 3 is 0.615 bits per heavy atom. The van der Waals surface area contributed by atoms with Gasteiger partial charge in [0, 0.05) is 20.4 Å². The van der Waals surface area contributed by atoms with Crippen LogP contribution in [0.2, 0.25) is 0 Å². The molecule has 0 atom stereocenters. The van der Waals surface area contributed by atoms with E-state index in [4.69, 9.17) is 19.2 Å². The van der Waals surface area contributed by atoms with Gasteiger partial charge in [-0.2, -0.15) is 0 Å². The van der Waals surface area contributed by atoms with E-state index in [9.17, 15) is 0 Å². The van der Waals surface area contributed by atoms with Crippen molar-refractivity contribution in [3.05, 3.63) is 0 Å². The summed E-state index contributed by atoms with van der Waals surface area (Å²) in [5.41, 5.74) is 0. The standard InChI is InChI=1S/H3O4P.7H2O.Re/c1-5(2,3)4;;;;;;;;/h(H3,1,2,3,4);7*1H2;. The van der Waals surface area contributed by atoms with Gasteiger partial charge in [0.2, 0.25) is 0 Å². The van der Waals surface area contributed by atoms with Crippen LogP contribution in [0.1, 0.15) is 0 Å². The molecule has 1 radical (unpaired) electrons. The van der Waals surface area contributed by atoms with Crippen molar-refractivity contribution in [2.75, 3.05) is 0 Å². The molecule has 95 valence electrons. The number of rotatable bonds is 0. The predicted octanol–water partition coefficient (Wildman–Crippen LogP) is -6.70. The van der Waals surface area contributed by atoms with Crippen LogP contribution in [0.4, 0.5) is 0 Å². The van der Waals surface area contributed by atoms with E-state index in [1.54, 1.807) is 0 Å². The Morgan fingerprint density at radius 2 is 0.615 bits per heavy atom. The molecule has 0 spiro atoms. The summed E-state index contributed by atoms with van der Waals surface area (Å²) in [6.45, 7) is 0. The van der Waals surface area contributed by atoms with Crippen molar-refractivity contribution in [2.24, 2.45) is 0 Å². The minimum atomic E-state index is -4.64. The van der Waals surface area contributed by atoms with Crippen LogP contribution in [0.5, 0.6) is 0 Å². The van der Waals surface area contributed by atoms with Crippen LogP contribution in [0.3, 0.4) is 0 Å². The summed E-state index contributed by atoms with van der Waals surface area (Å²) < 4.78 is 8.88. The third-order valence-electron chi connectivity index (χ3n) is 0. The van der Waals surface area contributed by atoms with E-state index in [-0.39, 0.29) is 58.8 Å². The normalized spacial score (nSPS) is 4.54. The Hall–Kier alpha value is 0.492. The topological polar surface area (TPSA) is 298 Å². The summed E-state index contributed by atoms with van der Waals surface area (Å²) in [6, 6.07) is 0. The molecule has 0 rings (SSSR count). The quantitative estimate of drug-likeness (QED) is 0.328. The first-order valence-electron chi connectivity index (χ1n) is 0.783. The Morgan fingerprint density at radius 1 is 0.615 bits per heavy atom. The van der Waals surface area contributed by atoms with Crippen molar-refractivity contribution in [3.8, 4) is 0 Å². The average molecular weight is 410 g/mol. The Balaban J connectivity index is -0.00000000286. The van der Waals surface area contributed by atoms with Crippen LogP contribution >= 0.6 is 7.82 Å². The fraction of sp³-hybridized carbons (Fsp3) is 0. The van der Waals surface area contributed by atoms with Crippen LogP contribution in [-0.4, -0.2) is 53.0 Å². The maximum atomic E-state index is 8.88. The van der Waals surface area contributed by atoms with Crippen molar-refractivity contribution in [1.29, 1.82) is 0 Å². The molecule has 0 saturated carbocycles. The molecule has 0 amide bonds. The van der Waals surface area contributed by atoms with E-state index in [2.05, 4.69) is 0 Å². The fourth-order valence-electron chi connectivity index (χ4n) is 0. The molecule has 13 heavy (non-hydrogen) atoms. The van der Waals surface area contributed by atoms with Gasteiger partial charge in [-0.05, 0) is 0 Å². The van der Waals surface area contributed by atoms with Gasteiger partial charge in [0.25, 0.3) is 0 Å². The minimum Gasteiger partial charge on any atom is -0.412 e. The SMILES string of the molecule is O.O.O.O.O.O.O.O=P(O)(O)O.[Re]. The molecule has 0 unspecified atom stereocenters. The molecule has 0 aliphatic rings. The van der Waals surface area contributed by atoms with Crippen LogP contribution < -0.4 is 0 Å². The van der Waals surface area contributed by atoms with E-state index in [1.165, 1.54) is 0 Å². The van der Waals surface area contributed by atoms with Gasteiger partial charge in [0.05, 0.1) is 0 Å². The Bertz CT molecular complexity index is 56.2. The van der Waals surface area contributed by atoms with Crippen molar-refractivity contribution in [2.45, 2.75) is 0 Å². The maximum absolute atomic E-state index is 8.88. The zero-order chi connectivity index (χ0) is 4.50. The molecule has 0 aliphatic carbocycles. The van der Waals surface area contributed by atoms with Gasteiger partial charge in [-0.3, -0.25) is 0 Å². The summed E-state index contributed by atoms with van der Waals surface area (Å²) in [4.78, 5) is 21.6. The molecule has 0 aromatic heterocycles. The molecule has 0 saturated heterocycles. The van der Waals surface area contributed by atoms with E-state index in [0.29, 0.717) is 0 Å². The predicted molar refractivity (Wildman–Crippen MR) is 39.6 cm³/mol. The van der Waals surface area contributed by atoms with E-state index >= 15 is 0 Å². The third-order valence-corrected chi connectivity index (χ3v) is 0. The summed E-state index contributed by atoms with van der Waals surface area (Å²) in [5.74, 6) is 0. The summed E-state index contributed by atoms with van der Waals surface area (Å²) >= 11 is 0. The molecule has 0 aliphatic heterocycles. The van der Waals surface area contributed by atoms with Crippen LogP contribution in [0.25, 0.3) is 0 Å². The molecule has 0 fully saturated rings. The van der Waals surface area contributed by atoms with Crippen LogP contribution in [0, 0.1) is 0 Å². The summed E-state index contributed by atoms with van der Waals surface area (Å²) in [6.07, 6.45) is 0. The molecule has 13 heteroatoms. The maximum Gasteiger partial charge on any atom is 0.466 e. The summed E-state index contributed by atoms with van der Waals surface area (Å²) in [5, 5.41) is 0. The smallest absolute Gasteiger partial charge is 0.412 e. The van der Waals surface area contributed by atoms with Gasteiger partial charge in [0.15, 0.2) is 0 Å². The van der Waals surface area contributed by atoms with Crippen molar-refractivity contribution < 1.29 is 78.0 Å². The molecular formula is H17O11PRe. The first kappa shape index (κ1) is 104. The van der Waals surface area contributed by atoms with Gasteiger partial charge < -0.3 is 53.0 Å². The number of hydrogen-bond acceptors (Lipinski definition) is 1. The molecule has 0 aromatic rings. The molecule has 0 bridgehead atoms. The monoisotopic (exact) mass is 411 g/mol. The van der Waals surface area contributed by atoms with E-state index in [0.717, 1.165) is 0 Å². The summed E-state index contributed by atoms with van der Waals surface area (Å²) in [7, 11) is -4.64. The largest absolute Gasteiger partial charge is 0.466 e. The van der Waals surface area contributed by atoms with Crippen molar-refractivity contribution >= 4 is 7.82 Å². The second-order valence-corrected chi connectivity index (χ2v) is 1.54. The van der Waals surface area contributed by atoms with Crippen molar-refractivity contribution in [1.82, 2.24) is 0 Å². The Kier molecular flexibility index (Phi) is 314. The molecular weight excluding hydrogens is 393 g/mol. The second kappa shape index (κ2) is 39.1. The molecule has 11 nitrogen and oxygen atoms in total. The zero-order valence-corrected chi connectivity index (χ0v) is 9.69. The fourth-order valence-corrected chi connectivity index (χ4v) is 0. The van der Waals surface area contributed by atoms with Gasteiger partial charge in [-0.25, -0.2) is 4.57 Å². The number of phosphoric acid groups is 1. The van der Waals surface area contributed by atoms with Gasteiger partial charge in [-0.1, -0.05) is 0 Å². The third kappa shape index (κ3) is 5670. The van der Waals surface area contributed by atoms with Crippen LogP contribution in [0.15, 0.2) is 0 Å². The van der Waals surface area contributed by atoms with E-state index < -0.39 is 7.82 Å². The average Bonchev–Trinajstić information content (AvgIpc) is 0.722. The minimum absolute atomic E-state index is 0. The van der Waals surface area contributed by atoms with Crippen LogP contribution in [-0.2, 0) is 25.0 Å². The number of hydrogen-bond donors (Lipinski definition) is 3. The van der Waals surface area contributed by atoms with E-state index in [1.807, 2.05) is 0 Å². The molecule has 0 heterocycles.